The number of ether oxygens (including phenoxy) is 1. The fourth-order valence-corrected chi connectivity index (χ4v) is 0.880. The third-order valence-electron chi connectivity index (χ3n) is 3.92. The van der Waals surface area contributed by atoms with Crippen molar-refractivity contribution < 1.29 is 48.0 Å². The van der Waals surface area contributed by atoms with Crippen LogP contribution in [0.3, 0.4) is 0 Å². The second-order valence-corrected chi connectivity index (χ2v) is 8.12. The number of methoxy groups -OCH3 is 1. The van der Waals surface area contributed by atoms with Crippen molar-refractivity contribution in [2.24, 2.45) is 20.3 Å². The number of carbonyl (C=O) groups excluding carboxylic acids is 8. The number of amides is 7. The van der Waals surface area contributed by atoms with Crippen molar-refractivity contribution in [2.75, 3.05) is 77.6 Å². The van der Waals surface area contributed by atoms with Crippen LogP contribution < -0.4 is 37.4 Å². The molecule has 22 nitrogen and oxygen atoms in total. The molecule has 0 spiro atoms. The molecule has 0 fully saturated rings. The molecule has 0 radical (unpaired) electrons. The largest absolute Gasteiger partial charge is 0.600 e. The average Bonchev–Trinajstić information content (AvgIpc) is 3.16. The van der Waals surface area contributed by atoms with Gasteiger partial charge in [-0.3, -0.25) is 49.2 Å². The smallest absolute Gasteiger partial charge is 0.309 e. The van der Waals surface area contributed by atoms with E-state index in [1.165, 1.54) is 63.0 Å². The summed E-state index contributed by atoms with van der Waals surface area (Å²) in [4.78, 5) is 85.0. The number of carbonyl (C=O) groups is 8. The van der Waals surface area contributed by atoms with Crippen molar-refractivity contribution in [3.05, 3.63) is 17.4 Å². The van der Waals surface area contributed by atoms with Crippen LogP contribution in [-0.4, -0.2) is 136 Å². The lowest BCUT2D eigenvalue weighted by molar-refractivity contribution is -0.497. The molecule has 0 aliphatic carbocycles. The molecule has 0 aliphatic rings. The molecule has 344 valence electrons. The normalized spacial score (nSPS) is 7.93. The zero-order chi connectivity index (χ0) is 44.2. The summed E-state index contributed by atoms with van der Waals surface area (Å²) in [6, 6.07) is 0. The van der Waals surface area contributed by atoms with Crippen LogP contribution >= 0.6 is 0 Å². The minimum atomic E-state index is -0.618. The lowest BCUT2D eigenvalue weighted by Gasteiger charge is -1.97. The summed E-state index contributed by atoms with van der Waals surface area (Å²) in [5.41, 5.74) is 4.21. The van der Waals surface area contributed by atoms with E-state index >= 15 is 0 Å². The summed E-state index contributed by atoms with van der Waals surface area (Å²) >= 11 is 0. The zero-order valence-corrected chi connectivity index (χ0v) is 35.0. The van der Waals surface area contributed by atoms with E-state index in [0.717, 1.165) is 0 Å². The maximum atomic E-state index is 10.5. The van der Waals surface area contributed by atoms with Crippen LogP contribution in [0.2, 0.25) is 0 Å². The number of nitrogens with zero attached hydrogens (tertiary/aromatic N) is 5. The molecule has 0 atom stereocenters. The van der Waals surface area contributed by atoms with E-state index in [1.54, 1.807) is 48.5 Å². The molecule has 7 amide bonds. The predicted octanol–water partition coefficient (Wildman–Crippen LogP) is 2.58. The van der Waals surface area contributed by atoms with Gasteiger partial charge in [0, 0.05) is 96.9 Å². The molecule has 0 bridgehead atoms. The molecule has 0 unspecified atom stereocenters. The Kier molecular flexibility index (Phi) is 129. The van der Waals surface area contributed by atoms with Gasteiger partial charge in [0.05, 0.1) is 14.2 Å². The Balaban J connectivity index is -0.0000000351. The van der Waals surface area contributed by atoms with Crippen LogP contribution in [0.1, 0.15) is 91.0 Å². The quantitative estimate of drug-likeness (QED) is 0.0415. The van der Waals surface area contributed by atoms with Gasteiger partial charge in [0.2, 0.25) is 29.5 Å². The van der Waals surface area contributed by atoms with E-state index in [9.17, 15) is 43.6 Å². The Bertz CT molecular complexity index is 956. The first-order valence-corrected chi connectivity index (χ1v) is 15.3. The van der Waals surface area contributed by atoms with Crippen molar-refractivity contribution in [1.29, 1.82) is 0 Å². The lowest BCUT2D eigenvalue weighted by atomic mass is 10.3. The molecule has 0 rings (SSSR count). The molecular formula is C35H84N12O10. The molecule has 7 N–H and O–H groups in total. The van der Waals surface area contributed by atoms with E-state index < -0.39 is 11.8 Å². The second kappa shape index (κ2) is 83.3. The van der Waals surface area contributed by atoms with Crippen molar-refractivity contribution in [3.8, 4) is 0 Å². The van der Waals surface area contributed by atoms with Crippen LogP contribution in [0.15, 0.2) is 32.5 Å². The minimum absolute atomic E-state index is 0. The van der Waals surface area contributed by atoms with Crippen LogP contribution in [0.4, 0.5) is 0 Å². The van der Waals surface area contributed by atoms with Gasteiger partial charge in [-0.05, 0) is 32.1 Å². The van der Waals surface area contributed by atoms with Crippen LogP contribution in [0, 0.1) is 5.21 Å². The average molecular weight is 833 g/mol. The highest BCUT2D eigenvalue weighted by Crippen LogP contribution is 1.86. The maximum Gasteiger partial charge on any atom is 0.309 e. The second-order valence-electron chi connectivity index (χ2n) is 8.12. The van der Waals surface area contributed by atoms with Gasteiger partial charge < -0.3 is 41.5 Å². The first-order chi connectivity index (χ1) is 24.6. The summed E-state index contributed by atoms with van der Waals surface area (Å²) in [6.07, 6.45) is 6.27. The van der Waals surface area contributed by atoms with E-state index in [2.05, 4.69) is 62.5 Å². The molecule has 0 aromatic heterocycles. The maximum absolute atomic E-state index is 10.5. The highest BCUT2D eigenvalue weighted by atomic mass is 16.5. The molecule has 0 aromatic rings. The number of esters is 1. The number of aliphatic imine (C=N–C) groups is 1. The van der Waals surface area contributed by atoms with Gasteiger partial charge in [-0.2, -0.15) is 10.2 Å². The Morgan fingerprint density at radius 3 is 0.877 bits per heavy atom. The van der Waals surface area contributed by atoms with Crippen LogP contribution in [0.25, 0.3) is 0 Å². The van der Waals surface area contributed by atoms with Gasteiger partial charge in [0.25, 0.3) is 0 Å². The van der Waals surface area contributed by atoms with Gasteiger partial charge in [-0.15, -0.1) is 4.86 Å². The Morgan fingerprint density at radius 2 is 0.807 bits per heavy atom. The van der Waals surface area contributed by atoms with Gasteiger partial charge in [-0.1, -0.05) is 41.9 Å². The zero-order valence-electron chi connectivity index (χ0n) is 35.0. The predicted molar refractivity (Wildman–Crippen MR) is 233 cm³/mol. The van der Waals surface area contributed by atoms with Crippen LogP contribution in [-0.2, 0) is 43.1 Å². The monoisotopic (exact) mass is 833 g/mol. The number of likely N-dealkylation sites (N-methyl/N-ethyl adjacent to an activating group) is 2. The third kappa shape index (κ3) is 184. The number of hydrogen-bond donors (Lipinski definition) is 7. The van der Waals surface area contributed by atoms with E-state index in [1.807, 2.05) is 32.9 Å². The number of hydrogen-bond acceptors (Lipinski definition) is 14. The minimum Gasteiger partial charge on any atom is -0.600 e. The highest BCUT2D eigenvalue weighted by Gasteiger charge is 2.05. The number of allylic oxidation sites excluding steroid dienone is 2. The lowest BCUT2D eigenvalue weighted by Crippen LogP contribution is -2.38. The molecule has 0 saturated heterocycles. The van der Waals surface area contributed by atoms with Gasteiger partial charge in [0.15, 0.2) is 7.05 Å². The van der Waals surface area contributed by atoms with E-state index in [0.29, 0.717) is 4.86 Å². The number of hydrazine groups is 1. The Labute approximate surface area is 344 Å². The molecule has 22 heteroatoms. The van der Waals surface area contributed by atoms with Crippen molar-refractivity contribution in [1.82, 2.24) is 37.4 Å². The number of nitrogens with one attached hydrogen (secondary N) is 7. The van der Waals surface area contributed by atoms with Crippen molar-refractivity contribution >= 4 is 53.5 Å². The summed E-state index contributed by atoms with van der Waals surface area (Å²) < 4.78 is 4.11. The fraction of sp³-hybridized carbons (Fsp3) is 0.686. The third-order valence-corrected chi connectivity index (χ3v) is 3.92. The Hall–Kier alpha value is -5.83. The van der Waals surface area contributed by atoms with Gasteiger partial charge in [-0.25, -0.2) is 0 Å². The van der Waals surface area contributed by atoms with Gasteiger partial charge >= 0.3 is 17.8 Å². The SMILES string of the molecule is C.C.C.C.C/C=C/C.CC(=O)NNC(C)=O.CC=NC.CN=NC.CN=[N+](C)[O-].CNC(=O)C(=O)NC.CNC(=O)CCC(=O)NC.CNC(C)=O.COC(C)=O. The highest BCUT2D eigenvalue weighted by molar-refractivity contribution is 6.34. The number of hydroxylamine groups is 1. The Morgan fingerprint density at radius 1 is 0.579 bits per heavy atom. The first-order valence-electron chi connectivity index (χ1n) is 15.3. The summed E-state index contributed by atoms with van der Waals surface area (Å²) in [5, 5.41) is 31.0. The van der Waals surface area contributed by atoms with Crippen molar-refractivity contribution in [3.63, 3.8) is 0 Å². The van der Waals surface area contributed by atoms with E-state index in [4.69, 9.17) is 0 Å². The number of rotatable bonds is 3. The van der Waals surface area contributed by atoms with Crippen LogP contribution in [0.5, 0.6) is 0 Å². The van der Waals surface area contributed by atoms with E-state index in [-0.39, 0.29) is 78.1 Å². The van der Waals surface area contributed by atoms with Gasteiger partial charge in [0.1, 0.15) is 0 Å². The molecule has 0 aromatic carbocycles. The molecule has 0 aliphatic heterocycles. The van der Waals surface area contributed by atoms with Crippen molar-refractivity contribution in [2.45, 2.75) is 91.0 Å². The molecule has 0 heterocycles. The number of azo groups is 2. The molecule has 0 saturated carbocycles. The molecule has 57 heavy (non-hydrogen) atoms. The summed E-state index contributed by atoms with van der Waals surface area (Å²) in [6.45, 7) is 11.4. The molecular weight excluding hydrogens is 748 g/mol. The topological polar surface area (TPSA) is 306 Å². The standard InChI is InChI=1S/C6H12N2O2.2C4H8N2O2.C4H8.C3H7NO.C3H7N.C3H6O2.C2H6N2O.C2H6N2.4CH4/c1-7-5(9)3-4-6(10)8-2;1-5-3(7)4(8)6-2;1-3(7)5-6-4(2)8;1-3-4-2;1-3(5)4-2;1-3-4-2;1-3(4)5-2;1-3-4(2)5;1-3-4-2;;;;/h3-4H2,1-2H3,(H,7,9)(H,8,10);2*1-2H3,(H,5,7)(H,6,8);3-4H,1-2H3;1-2H3,(H,4,5);3H,1-2H3;2*1-2H3;1-2H3;4*1H4/b;;;4-3+;;;;;;;;;. The first kappa shape index (κ1) is 88.4. The summed E-state index contributed by atoms with van der Waals surface area (Å²) in [5.74, 6) is -2.25. The fourth-order valence-electron chi connectivity index (χ4n) is 0.880. The summed E-state index contributed by atoms with van der Waals surface area (Å²) in [7, 11) is 16.6.